The van der Waals surface area contributed by atoms with Crippen LogP contribution in [0.1, 0.15) is 27.3 Å². The lowest BCUT2D eigenvalue weighted by molar-refractivity contribution is 0.0948. The van der Waals surface area contributed by atoms with Crippen molar-refractivity contribution < 1.29 is 4.79 Å². The number of pyridine rings is 1. The second-order valence-corrected chi connectivity index (χ2v) is 5.67. The van der Waals surface area contributed by atoms with Crippen molar-refractivity contribution >= 4 is 29.4 Å². The molecule has 2 heterocycles. The fourth-order valence-corrected chi connectivity index (χ4v) is 2.55. The Hall–Kier alpha value is -2.66. The Morgan fingerprint density at radius 1 is 1.30 bits per heavy atom. The van der Waals surface area contributed by atoms with Crippen LogP contribution >= 0.6 is 11.6 Å². The third-order valence-corrected chi connectivity index (χ3v) is 3.62. The molecule has 0 saturated heterocycles. The minimum Gasteiger partial charge on any atom is -0.295 e. The molecule has 0 aliphatic rings. The molecule has 23 heavy (non-hydrogen) atoms. The smallest absolute Gasteiger partial charge is 0.290 e. The molecule has 3 rings (SSSR count). The minimum absolute atomic E-state index is 0.307. The first-order chi connectivity index (χ1) is 11.0. The van der Waals surface area contributed by atoms with Crippen LogP contribution in [0.25, 0.3) is 5.65 Å². The van der Waals surface area contributed by atoms with E-state index < -0.39 is 0 Å². The van der Waals surface area contributed by atoms with Crippen molar-refractivity contribution in [3.05, 3.63) is 70.1 Å². The van der Waals surface area contributed by atoms with E-state index in [1.807, 2.05) is 37.4 Å². The Morgan fingerprint density at radius 3 is 2.91 bits per heavy atom. The minimum atomic E-state index is -0.307. The standard InChI is InChI=1S/C17H15ClN4O/c1-11-6-7-15-20-12(2)16(22(15)10-11)17(23)21-19-9-13-4-3-5-14(18)8-13/h3-10H,1-2H3,(H,21,23)/b19-9+. The third-order valence-electron chi connectivity index (χ3n) is 3.38. The third kappa shape index (κ3) is 3.24. The summed E-state index contributed by atoms with van der Waals surface area (Å²) in [5.41, 5.74) is 6.26. The lowest BCUT2D eigenvalue weighted by Crippen LogP contribution is -2.20. The monoisotopic (exact) mass is 326 g/mol. The zero-order valence-electron chi connectivity index (χ0n) is 12.7. The molecular formula is C17H15ClN4O. The van der Waals surface area contributed by atoms with E-state index in [0.717, 1.165) is 16.8 Å². The molecule has 1 aromatic carbocycles. The molecule has 2 aromatic heterocycles. The number of benzene rings is 1. The van der Waals surface area contributed by atoms with Crippen LogP contribution in [0.5, 0.6) is 0 Å². The van der Waals surface area contributed by atoms with Gasteiger partial charge in [-0.05, 0) is 43.2 Å². The molecular weight excluding hydrogens is 312 g/mol. The molecule has 0 unspecified atom stereocenters. The molecule has 6 heteroatoms. The quantitative estimate of drug-likeness (QED) is 0.592. The van der Waals surface area contributed by atoms with E-state index in [9.17, 15) is 4.79 Å². The SMILES string of the molecule is Cc1ccc2nc(C)c(C(=O)N/N=C/c3cccc(Cl)c3)n2c1. The highest BCUT2D eigenvalue weighted by molar-refractivity contribution is 6.30. The highest BCUT2D eigenvalue weighted by Crippen LogP contribution is 2.13. The number of imidazole rings is 1. The Kier molecular flexibility index (Phi) is 4.12. The van der Waals surface area contributed by atoms with Crippen LogP contribution in [-0.4, -0.2) is 21.5 Å². The first-order valence-electron chi connectivity index (χ1n) is 7.09. The summed E-state index contributed by atoms with van der Waals surface area (Å²) in [5, 5.41) is 4.60. The van der Waals surface area contributed by atoms with Gasteiger partial charge in [-0.25, -0.2) is 10.4 Å². The van der Waals surface area contributed by atoms with E-state index in [2.05, 4.69) is 15.5 Å². The summed E-state index contributed by atoms with van der Waals surface area (Å²) in [6.07, 6.45) is 3.43. The summed E-state index contributed by atoms with van der Waals surface area (Å²) in [6, 6.07) is 11.1. The van der Waals surface area contributed by atoms with Crippen LogP contribution < -0.4 is 5.43 Å². The van der Waals surface area contributed by atoms with Crippen LogP contribution in [0.15, 0.2) is 47.7 Å². The molecule has 5 nitrogen and oxygen atoms in total. The molecule has 0 radical (unpaired) electrons. The lowest BCUT2D eigenvalue weighted by Gasteiger charge is -2.02. The number of aromatic nitrogens is 2. The fourth-order valence-electron chi connectivity index (χ4n) is 2.35. The van der Waals surface area contributed by atoms with Gasteiger partial charge in [-0.1, -0.05) is 29.8 Å². The normalized spacial score (nSPS) is 11.3. The van der Waals surface area contributed by atoms with Crippen LogP contribution in [0.3, 0.4) is 0 Å². The maximum Gasteiger partial charge on any atom is 0.290 e. The Bertz CT molecular complexity index is 914. The molecule has 1 amide bonds. The molecule has 0 fully saturated rings. The number of nitrogens with one attached hydrogen (secondary N) is 1. The average Bonchev–Trinajstić information content (AvgIpc) is 2.82. The summed E-state index contributed by atoms with van der Waals surface area (Å²) < 4.78 is 1.77. The number of carbonyl (C=O) groups is 1. The zero-order valence-corrected chi connectivity index (χ0v) is 13.5. The van der Waals surface area contributed by atoms with Crippen molar-refractivity contribution in [1.82, 2.24) is 14.8 Å². The van der Waals surface area contributed by atoms with Gasteiger partial charge in [0.15, 0.2) is 0 Å². The molecule has 0 aliphatic heterocycles. The Balaban J connectivity index is 1.84. The largest absolute Gasteiger partial charge is 0.295 e. The highest BCUT2D eigenvalue weighted by Gasteiger charge is 2.15. The summed E-state index contributed by atoms with van der Waals surface area (Å²) >= 11 is 5.91. The van der Waals surface area contributed by atoms with Crippen LogP contribution in [0.4, 0.5) is 0 Å². The van der Waals surface area contributed by atoms with Gasteiger partial charge in [-0.2, -0.15) is 5.10 Å². The van der Waals surface area contributed by atoms with Gasteiger partial charge in [-0.3, -0.25) is 9.20 Å². The van der Waals surface area contributed by atoms with Gasteiger partial charge >= 0.3 is 0 Å². The second-order valence-electron chi connectivity index (χ2n) is 5.23. The van der Waals surface area contributed by atoms with E-state index in [1.54, 1.807) is 29.7 Å². The number of nitrogens with zero attached hydrogens (tertiary/aromatic N) is 3. The first kappa shape index (κ1) is 15.2. The van der Waals surface area contributed by atoms with E-state index >= 15 is 0 Å². The molecule has 1 N–H and O–H groups in total. The Morgan fingerprint density at radius 2 is 2.13 bits per heavy atom. The van der Waals surface area contributed by atoms with Crippen molar-refractivity contribution in [3.63, 3.8) is 0 Å². The number of halogens is 1. The van der Waals surface area contributed by atoms with Gasteiger partial charge in [0.05, 0.1) is 11.9 Å². The van der Waals surface area contributed by atoms with Crippen molar-refractivity contribution in [2.24, 2.45) is 5.10 Å². The molecule has 0 atom stereocenters. The fraction of sp³-hybridized carbons (Fsp3) is 0.118. The van der Waals surface area contributed by atoms with Gasteiger partial charge in [0.1, 0.15) is 11.3 Å². The second kappa shape index (κ2) is 6.22. The van der Waals surface area contributed by atoms with Crippen molar-refractivity contribution in [2.45, 2.75) is 13.8 Å². The van der Waals surface area contributed by atoms with E-state index in [0.29, 0.717) is 16.4 Å². The van der Waals surface area contributed by atoms with Gasteiger partial charge in [0, 0.05) is 11.2 Å². The number of hydrazone groups is 1. The molecule has 0 saturated carbocycles. The van der Waals surface area contributed by atoms with Crippen LogP contribution in [0, 0.1) is 13.8 Å². The summed E-state index contributed by atoms with van der Waals surface area (Å²) in [5.74, 6) is -0.307. The lowest BCUT2D eigenvalue weighted by atomic mass is 10.2. The Labute approximate surface area is 138 Å². The molecule has 0 spiro atoms. The van der Waals surface area contributed by atoms with Crippen LogP contribution in [0.2, 0.25) is 5.02 Å². The topological polar surface area (TPSA) is 58.8 Å². The van der Waals surface area contributed by atoms with Gasteiger partial charge in [-0.15, -0.1) is 0 Å². The highest BCUT2D eigenvalue weighted by atomic mass is 35.5. The zero-order chi connectivity index (χ0) is 16.4. The van der Waals surface area contributed by atoms with E-state index in [4.69, 9.17) is 11.6 Å². The first-order valence-corrected chi connectivity index (χ1v) is 7.46. The number of hydrogen-bond acceptors (Lipinski definition) is 3. The van der Waals surface area contributed by atoms with Gasteiger partial charge in [0.2, 0.25) is 0 Å². The predicted molar refractivity (Wildman–Crippen MR) is 91.2 cm³/mol. The molecule has 0 bridgehead atoms. The number of rotatable bonds is 3. The average molecular weight is 327 g/mol. The number of hydrogen-bond donors (Lipinski definition) is 1. The van der Waals surface area contributed by atoms with Gasteiger partial charge in [0.25, 0.3) is 5.91 Å². The summed E-state index contributed by atoms with van der Waals surface area (Å²) in [6.45, 7) is 3.77. The van der Waals surface area contributed by atoms with Gasteiger partial charge < -0.3 is 0 Å². The van der Waals surface area contributed by atoms with Crippen molar-refractivity contribution in [2.75, 3.05) is 0 Å². The predicted octanol–water partition coefficient (Wildman–Crippen LogP) is 3.37. The molecule has 116 valence electrons. The number of aryl methyl sites for hydroxylation is 2. The maximum absolute atomic E-state index is 12.4. The van der Waals surface area contributed by atoms with Crippen molar-refractivity contribution in [3.8, 4) is 0 Å². The number of amides is 1. The molecule has 0 aliphatic carbocycles. The summed E-state index contributed by atoms with van der Waals surface area (Å²) in [7, 11) is 0. The van der Waals surface area contributed by atoms with E-state index in [-0.39, 0.29) is 5.91 Å². The molecule has 3 aromatic rings. The van der Waals surface area contributed by atoms with E-state index in [1.165, 1.54) is 0 Å². The summed E-state index contributed by atoms with van der Waals surface area (Å²) in [4.78, 5) is 16.8. The maximum atomic E-state index is 12.4. The number of carbonyl (C=O) groups excluding carboxylic acids is 1. The van der Waals surface area contributed by atoms with Crippen molar-refractivity contribution in [1.29, 1.82) is 0 Å². The van der Waals surface area contributed by atoms with Crippen LogP contribution in [-0.2, 0) is 0 Å². The number of fused-ring (bicyclic) bond motifs is 1.